The number of carbonyl (C=O) groups is 2. The summed E-state index contributed by atoms with van der Waals surface area (Å²) >= 11 is 0. The summed E-state index contributed by atoms with van der Waals surface area (Å²) in [4.78, 5) is 25.9. The van der Waals surface area contributed by atoms with E-state index in [1.165, 1.54) is 25.3 Å². The maximum atomic E-state index is 11.0. The second-order valence-electron chi connectivity index (χ2n) is 5.83. The van der Waals surface area contributed by atoms with E-state index in [0.29, 0.717) is 25.7 Å². The van der Waals surface area contributed by atoms with Crippen LogP contribution in [0.5, 0.6) is 0 Å². The van der Waals surface area contributed by atoms with Crippen LogP contribution < -0.4 is 5.32 Å². The number of hydrogen-bond donors (Lipinski definition) is 1. The second-order valence-corrected chi connectivity index (χ2v) is 5.83. The van der Waals surface area contributed by atoms with Crippen LogP contribution in [0.15, 0.2) is 30.5 Å². The lowest BCUT2D eigenvalue weighted by atomic mass is 10.0. The van der Waals surface area contributed by atoms with Crippen LogP contribution in [0, 0.1) is 0 Å². The summed E-state index contributed by atoms with van der Waals surface area (Å²) in [5, 5.41) is 3.41. The molecule has 1 unspecified atom stereocenters. The van der Waals surface area contributed by atoms with Crippen LogP contribution >= 0.6 is 12.4 Å². The van der Waals surface area contributed by atoms with Gasteiger partial charge in [0.15, 0.2) is 0 Å². The molecule has 6 nitrogen and oxygen atoms in total. The number of ether oxygens (including phenoxy) is 2. The summed E-state index contributed by atoms with van der Waals surface area (Å²) in [7, 11) is 0. The van der Waals surface area contributed by atoms with E-state index in [-0.39, 0.29) is 24.3 Å². The molecule has 1 N–H and O–H groups in total. The standard InChI is InChI=1S/C10H19NO2.C10H11NO2.ClH/c2*1-2-13-10(12)7-6-9-5-3-4-8-11-9;/h9,11H,2-8H2,1H3;3-8H,2H2,1H3;1H. The van der Waals surface area contributed by atoms with Gasteiger partial charge in [0.25, 0.3) is 0 Å². The second kappa shape index (κ2) is 16.3. The lowest BCUT2D eigenvalue weighted by Gasteiger charge is -2.22. The Bertz CT molecular complexity index is 546. The highest BCUT2D eigenvalue weighted by atomic mass is 35.5. The summed E-state index contributed by atoms with van der Waals surface area (Å²) < 4.78 is 9.58. The van der Waals surface area contributed by atoms with Gasteiger partial charge in [0.2, 0.25) is 0 Å². The van der Waals surface area contributed by atoms with Crippen LogP contribution in [-0.2, 0) is 19.1 Å². The number of nitrogens with one attached hydrogen (secondary N) is 1. The number of piperidine rings is 1. The third-order valence-electron chi connectivity index (χ3n) is 3.78. The van der Waals surface area contributed by atoms with Crippen LogP contribution in [0.25, 0.3) is 6.08 Å². The monoisotopic (exact) mass is 398 g/mol. The predicted octanol–water partition coefficient (Wildman–Crippen LogP) is 3.55. The first-order valence-corrected chi connectivity index (χ1v) is 9.30. The summed E-state index contributed by atoms with van der Waals surface area (Å²) in [6.07, 6.45) is 9.93. The first kappa shape index (κ1) is 25.1. The molecule has 1 atom stereocenters. The summed E-state index contributed by atoms with van der Waals surface area (Å²) in [5.74, 6) is -0.400. The van der Waals surface area contributed by atoms with E-state index in [0.717, 1.165) is 18.7 Å². The van der Waals surface area contributed by atoms with Gasteiger partial charge in [-0.05, 0) is 57.9 Å². The van der Waals surface area contributed by atoms with E-state index < -0.39 is 0 Å². The fraction of sp³-hybridized carbons (Fsp3) is 0.550. The maximum absolute atomic E-state index is 11.0. The van der Waals surface area contributed by atoms with Gasteiger partial charge in [0.05, 0.1) is 18.9 Å². The van der Waals surface area contributed by atoms with Gasteiger partial charge in [-0.25, -0.2) is 4.79 Å². The highest BCUT2D eigenvalue weighted by molar-refractivity contribution is 5.86. The van der Waals surface area contributed by atoms with Crippen LogP contribution in [0.3, 0.4) is 0 Å². The zero-order valence-corrected chi connectivity index (χ0v) is 17.0. The van der Waals surface area contributed by atoms with Crippen LogP contribution in [0.1, 0.15) is 51.6 Å². The Labute approximate surface area is 168 Å². The number of esters is 2. The van der Waals surface area contributed by atoms with E-state index in [1.54, 1.807) is 19.2 Å². The van der Waals surface area contributed by atoms with Gasteiger partial charge in [0, 0.05) is 24.7 Å². The molecule has 1 aliphatic heterocycles. The highest BCUT2D eigenvalue weighted by Crippen LogP contribution is 2.11. The topological polar surface area (TPSA) is 77.5 Å². The minimum absolute atomic E-state index is 0. The molecule has 1 aromatic heterocycles. The number of rotatable bonds is 7. The van der Waals surface area contributed by atoms with Crippen LogP contribution in [0.2, 0.25) is 0 Å². The fourth-order valence-corrected chi connectivity index (χ4v) is 2.51. The van der Waals surface area contributed by atoms with E-state index in [9.17, 15) is 9.59 Å². The first-order chi connectivity index (χ1) is 12.7. The van der Waals surface area contributed by atoms with Crippen molar-refractivity contribution in [1.29, 1.82) is 0 Å². The van der Waals surface area contributed by atoms with Crippen molar-refractivity contribution >= 4 is 30.4 Å². The minimum atomic E-state index is -0.340. The molecule has 1 aliphatic rings. The summed E-state index contributed by atoms with van der Waals surface area (Å²) in [5.41, 5.74) is 0.746. The number of carbonyl (C=O) groups excluding carboxylic acids is 2. The number of nitrogens with zero attached hydrogens (tertiary/aromatic N) is 1. The average Bonchev–Trinajstić information content (AvgIpc) is 2.67. The van der Waals surface area contributed by atoms with Crippen LogP contribution in [-0.4, -0.2) is 42.7 Å². The molecule has 0 aromatic carbocycles. The third-order valence-corrected chi connectivity index (χ3v) is 3.78. The molecule has 1 fully saturated rings. The molecule has 0 bridgehead atoms. The average molecular weight is 399 g/mol. The van der Waals surface area contributed by atoms with Crippen molar-refractivity contribution in [3.63, 3.8) is 0 Å². The maximum Gasteiger partial charge on any atom is 0.330 e. The molecule has 0 spiro atoms. The first-order valence-electron chi connectivity index (χ1n) is 9.30. The molecule has 1 aromatic rings. The molecule has 2 heterocycles. The van der Waals surface area contributed by atoms with Crippen molar-refractivity contribution < 1.29 is 19.1 Å². The van der Waals surface area contributed by atoms with E-state index in [4.69, 9.17) is 9.47 Å². The van der Waals surface area contributed by atoms with E-state index in [1.807, 2.05) is 25.1 Å². The van der Waals surface area contributed by atoms with Crippen molar-refractivity contribution in [2.45, 2.75) is 52.0 Å². The molecule has 0 amide bonds. The summed E-state index contributed by atoms with van der Waals surface area (Å²) in [6.45, 7) is 5.61. The van der Waals surface area contributed by atoms with Crippen molar-refractivity contribution in [3.8, 4) is 0 Å². The summed E-state index contributed by atoms with van der Waals surface area (Å²) in [6, 6.07) is 6.04. The number of pyridine rings is 1. The van der Waals surface area contributed by atoms with Crippen LogP contribution in [0.4, 0.5) is 0 Å². The predicted molar refractivity (Wildman–Crippen MR) is 109 cm³/mol. The van der Waals surface area contributed by atoms with E-state index in [2.05, 4.69) is 10.3 Å². The van der Waals surface area contributed by atoms with Gasteiger partial charge in [-0.2, -0.15) is 0 Å². The molecule has 0 radical (unpaired) electrons. The molecule has 0 saturated carbocycles. The Kier molecular flexibility index (Phi) is 15.1. The van der Waals surface area contributed by atoms with Crippen molar-refractivity contribution in [1.82, 2.24) is 10.3 Å². The molecular weight excluding hydrogens is 368 g/mol. The molecular formula is C20H31ClN2O4. The van der Waals surface area contributed by atoms with Gasteiger partial charge in [-0.1, -0.05) is 12.5 Å². The zero-order chi connectivity index (χ0) is 19.0. The number of aromatic nitrogens is 1. The van der Waals surface area contributed by atoms with Gasteiger partial charge >= 0.3 is 11.9 Å². The van der Waals surface area contributed by atoms with Gasteiger partial charge < -0.3 is 14.8 Å². The van der Waals surface area contributed by atoms with Crippen molar-refractivity contribution in [2.75, 3.05) is 19.8 Å². The molecule has 0 aliphatic carbocycles. The molecule has 27 heavy (non-hydrogen) atoms. The quantitative estimate of drug-likeness (QED) is 0.559. The minimum Gasteiger partial charge on any atom is -0.466 e. The Morgan fingerprint density at radius 2 is 2.00 bits per heavy atom. The molecule has 7 heteroatoms. The fourth-order valence-electron chi connectivity index (χ4n) is 2.51. The Hall–Kier alpha value is -1.92. The Balaban J connectivity index is 0.000000483. The van der Waals surface area contributed by atoms with Gasteiger partial charge in [-0.3, -0.25) is 9.78 Å². The number of halogens is 1. The lowest BCUT2D eigenvalue weighted by Crippen LogP contribution is -2.34. The molecule has 152 valence electrons. The third kappa shape index (κ3) is 13.0. The van der Waals surface area contributed by atoms with E-state index >= 15 is 0 Å². The molecule has 2 rings (SSSR count). The Morgan fingerprint density at radius 3 is 2.59 bits per heavy atom. The van der Waals surface area contributed by atoms with Gasteiger partial charge in [0.1, 0.15) is 0 Å². The Morgan fingerprint density at radius 1 is 1.22 bits per heavy atom. The zero-order valence-electron chi connectivity index (χ0n) is 16.2. The largest absolute Gasteiger partial charge is 0.466 e. The normalized spacial score (nSPS) is 15.9. The lowest BCUT2D eigenvalue weighted by molar-refractivity contribution is -0.143. The SMILES string of the molecule is CCOC(=O)C=Cc1ccccn1.CCOC(=O)CCC1CCCCN1.Cl. The highest BCUT2D eigenvalue weighted by Gasteiger charge is 2.13. The molecule has 1 saturated heterocycles. The van der Waals surface area contributed by atoms with Crippen molar-refractivity contribution in [3.05, 3.63) is 36.2 Å². The van der Waals surface area contributed by atoms with Crippen molar-refractivity contribution in [2.24, 2.45) is 0 Å². The smallest absolute Gasteiger partial charge is 0.330 e. The van der Waals surface area contributed by atoms with Gasteiger partial charge in [-0.15, -0.1) is 12.4 Å². The number of hydrogen-bond acceptors (Lipinski definition) is 6.